The fourth-order valence-corrected chi connectivity index (χ4v) is 3.54. The number of carbonyl (C=O) groups excluding carboxylic acids is 1. The van der Waals surface area contributed by atoms with Gasteiger partial charge in [-0.25, -0.2) is 0 Å². The van der Waals surface area contributed by atoms with Gasteiger partial charge in [-0.2, -0.15) is 0 Å². The summed E-state index contributed by atoms with van der Waals surface area (Å²) in [6.07, 6.45) is 5.00. The zero-order valence-electron chi connectivity index (χ0n) is 11.0. The first-order valence-electron chi connectivity index (χ1n) is 6.19. The van der Waals surface area contributed by atoms with Gasteiger partial charge in [-0.05, 0) is 35.9 Å². The molecule has 2 heterocycles. The lowest BCUT2D eigenvalue weighted by molar-refractivity contribution is -0.113. The van der Waals surface area contributed by atoms with Crippen LogP contribution in [0.15, 0.2) is 47.6 Å². The van der Waals surface area contributed by atoms with Crippen LogP contribution in [0.25, 0.3) is 6.08 Å². The lowest BCUT2D eigenvalue weighted by atomic mass is 10.2. The minimum atomic E-state index is -0.172. The first kappa shape index (κ1) is 15.5. The predicted molar refractivity (Wildman–Crippen MR) is 96.4 cm³/mol. The van der Waals surface area contributed by atoms with Crippen LogP contribution < -0.4 is 4.90 Å². The van der Waals surface area contributed by atoms with Crippen LogP contribution >= 0.6 is 47.2 Å². The summed E-state index contributed by atoms with van der Waals surface area (Å²) in [7, 11) is 0. The minimum absolute atomic E-state index is 0.172. The number of amides is 1. The van der Waals surface area contributed by atoms with Crippen LogP contribution in [-0.2, 0) is 4.79 Å². The highest BCUT2D eigenvalue weighted by Gasteiger charge is 2.33. The molecule has 0 radical (unpaired) electrons. The van der Waals surface area contributed by atoms with E-state index in [1.807, 2.05) is 0 Å². The van der Waals surface area contributed by atoms with Crippen molar-refractivity contribution in [1.29, 1.82) is 0 Å². The number of carbonyl (C=O) groups is 1. The van der Waals surface area contributed by atoms with Crippen LogP contribution in [0.3, 0.4) is 0 Å². The van der Waals surface area contributed by atoms with Crippen LogP contribution in [0, 0.1) is 0 Å². The van der Waals surface area contributed by atoms with Crippen LogP contribution in [0.1, 0.15) is 5.56 Å². The van der Waals surface area contributed by atoms with Crippen molar-refractivity contribution in [3.8, 4) is 0 Å². The first-order chi connectivity index (χ1) is 10.6. The van der Waals surface area contributed by atoms with Gasteiger partial charge in [-0.15, -0.1) is 0 Å². The molecule has 0 aliphatic carbocycles. The average molecular weight is 367 g/mol. The van der Waals surface area contributed by atoms with Gasteiger partial charge in [-0.1, -0.05) is 53.2 Å². The van der Waals surface area contributed by atoms with Crippen LogP contribution in [-0.4, -0.2) is 15.2 Å². The van der Waals surface area contributed by atoms with E-state index in [0.717, 1.165) is 5.56 Å². The van der Waals surface area contributed by atoms with E-state index < -0.39 is 0 Å². The number of pyridine rings is 1. The maximum absolute atomic E-state index is 12.5. The molecule has 0 spiro atoms. The Morgan fingerprint density at radius 3 is 2.73 bits per heavy atom. The lowest BCUT2D eigenvalue weighted by Crippen LogP contribution is -2.27. The van der Waals surface area contributed by atoms with E-state index in [9.17, 15) is 4.79 Å². The molecule has 0 N–H and O–H groups in total. The van der Waals surface area contributed by atoms with E-state index >= 15 is 0 Å². The molecular weight excluding hydrogens is 359 g/mol. The number of rotatable bonds is 2. The van der Waals surface area contributed by atoms with E-state index in [2.05, 4.69) is 4.98 Å². The number of halogens is 2. The number of hydrogen-bond acceptors (Lipinski definition) is 4. The third-order valence-electron chi connectivity index (χ3n) is 2.94. The van der Waals surface area contributed by atoms with E-state index in [0.29, 0.717) is 25.0 Å². The number of nitrogens with zero attached hydrogens (tertiary/aromatic N) is 2. The molecule has 3 nitrogen and oxygen atoms in total. The zero-order chi connectivity index (χ0) is 15.7. The molecular formula is C15H8Cl2N2OS2. The molecule has 1 aromatic carbocycles. The fraction of sp³-hybridized carbons (Fsp3) is 0. The number of thiocarbonyl (C=S) groups is 1. The van der Waals surface area contributed by atoms with Crippen molar-refractivity contribution in [3.05, 3.63) is 63.2 Å². The molecule has 110 valence electrons. The Labute approximate surface area is 146 Å². The molecule has 3 rings (SSSR count). The first-order valence-corrected chi connectivity index (χ1v) is 8.17. The van der Waals surface area contributed by atoms with Gasteiger partial charge in [0, 0.05) is 6.20 Å². The zero-order valence-corrected chi connectivity index (χ0v) is 14.1. The van der Waals surface area contributed by atoms with E-state index in [-0.39, 0.29) is 5.91 Å². The molecule has 0 bridgehead atoms. The highest BCUT2D eigenvalue weighted by atomic mass is 35.5. The average Bonchev–Trinajstić information content (AvgIpc) is 2.78. The molecule has 1 aliphatic heterocycles. The lowest BCUT2D eigenvalue weighted by Gasteiger charge is -2.13. The maximum atomic E-state index is 12.5. The van der Waals surface area contributed by atoms with Crippen molar-refractivity contribution in [1.82, 2.24) is 4.98 Å². The van der Waals surface area contributed by atoms with Crippen molar-refractivity contribution >= 4 is 69.2 Å². The molecule has 22 heavy (non-hydrogen) atoms. The summed E-state index contributed by atoms with van der Waals surface area (Å²) in [5.74, 6) is -0.172. The smallest absolute Gasteiger partial charge is 0.268 e. The Balaban J connectivity index is 1.93. The highest BCUT2D eigenvalue weighted by molar-refractivity contribution is 8.27. The highest BCUT2D eigenvalue weighted by Crippen LogP contribution is 2.36. The monoisotopic (exact) mass is 366 g/mol. The minimum Gasteiger partial charge on any atom is -0.268 e. The van der Waals surface area contributed by atoms with E-state index in [4.69, 9.17) is 35.4 Å². The summed E-state index contributed by atoms with van der Waals surface area (Å²) >= 11 is 18.4. The van der Waals surface area contributed by atoms with Gasteiger partial charge in [0.15, 0.2) is 4.32 Å². The predicted octanol–water partition coefficient (Wildman–Crippen LogP) is 4.79. The number of thioether (sulfide) groups is 1. The second-order valence-electron chi connectivity index (χ2n) is 4.40. The molecule has 1 amide bonds. The summed E-state index contributed by atoms with van der Waals surface area (Å²) in [5, 5.41) is 0.917. The Morgan fingerprint density at radius 2 is 2.05 bits per heavy atom. The van der Waals surface area contributed by atoms with Crippen molar-refractivity contribution in [2.45, 2.75) is 0 Å². The Bertz CT molecular complexity index is 793. The molecule has 1 saturated heterocycles. The van der Waals surface area contributed by atoms with Gasteiger partial charge in [0.05, 0.1) is 26.8 Å². The summed E-state index contributed by atoms with van der Waals surface area (Å²) in [6, 6.07) is 8.75. The van der Waals surface area contributed by atoms with Gasteiger partial charge in [0.25, 0.3) is 5.91 Å². The molecule has 7 heteroatoms. The third kappa shape index (κ3) is 3.03. The van der Waals surface area contributed by atoms with Gasteiger partial charge < -0.3 is 0 Å². The fourth-order valence-electron chi connectivity index (χ4n) is 1.93. The molecule has 0 saturated carbocycles. The SMILES string of the molecule is O=C1/C(=C/c2ccc(Cl)c(Cl)c2)SC(=S)N1c1cccnc1. The van der Waals surface area contributed by atoms with Gasteiger partial charge >= 0.3 is 0 Å². The summed E-state index contributed by atoms with van der Waals surface area (Å²) in [6.45, 7) is 0. The second kappa shape index (κ2) is 6.38. The largest absolute Gasteiger partial charge is 0.270 e. The maximum Gasteiger partial charge on any atom is 0.270 e. The van der Waals surface area contributed by atoms with Gasteiger partial charge in [0.1, 0.15) is 0 Å². The quantitative estimate of drug-likeness (QED) is 0.564. The Kier molecular flexibility index (Phi) is 4.49. The van der Waals surface area contributed by atoms with Crippen LogP contribution in [0.2, 0.25) is 10.0 Å². The molecule has 0 atom stereocenters. The summed E-state index contributed by atoms with van der Waals surface area (Å²) in [5.41, 5.74) is 1.45. The third-order valence-corrected chi connectivity index (χ3v) is 4.98. The molecule has 1 aromatic heterocycles. The van der Waals surface area contributed by atoms with Gasteiger partial charge in [-0.3, -0.25) is 14.7 Å². The Morgan fingerprint density at radius 1 is 1.23 bits per heavy atom. The number of anilines is 1. The molecule has 0 unspecified atom stereocenters. The van der Waals surface area contributed by atoms with E-state index in [1.54, 1.807) is 48.8 Å². The number of hydrogen-bond donors (Lipinski definition) is 0. The summed E-state index contributed by atoms with van der Waals surface area (Å²) < 4.78 is 0.476. The molecule has 1 aliphatic rings. The van der Waals surface area contributed by atoms with Crippen molar-refractivity contribution in [3.63, 3.8) is 0 Å². The normalized spacial score (nSPS) is 16.6. The molecule has 1 fully saturated rings. The van der Waals surface area contributed by atoms with Crippen LogP contribution in [0.4, 0.5) is 5.69 Å². The number of aromatic nitrogens is 1. The topological polar surface area (TPSA) is 33.2 Å². The van der Waals surface area contributed by atoms with Crippen LogP contribution in [0.5, 0.6) is 0 Å². The summed E-state index contributed by atoms with van der Waals surface area (Å²) in [4.78, 5) is 18.6. The van der Waals surface area contributed by atoms with Gasteiger partial charge in [0.2, 0.25) is 0 Å². The van der Waals surface area contributed by atoms with Crippen molar-refractivity contribution in [2.75, 3.05) is 4.90 Å². The standard InChI is InChI=1S/C15H8Cl2N2OS2/c16-11-4-3-9(6-12(11)17)7-13-14(20)19(15(21)22-13)10-2-1-5-18-8-10/h1-8H/b13-7-. The molecule has 2 aromatic rings. The Hall–Kier alpha value is -1.40. The van der Waals surface area contributed by atoms with E-state index in [1.165, 1.54) is 16.7 Å². The second-order valence-corrected chi connectivity index (χ2v) is 6.89. The number of benzene rings is 1. The van der Waals surface area contributed by atoms with Crippen molar-refractivity contribution in [2.24, 2.45) is 0 Å². The van der Waals surface area contributed by atoms with Crippen molar-refractivity contribution < 1.29 is 4.79 Å².